The quantitative estimate of drug-likeness (QED) is 0.744. The number of aromatic nitrogens is 1. The molecule has 1 saturated heterocycles. The number of hydrogen-bond acceptors (Lipinski definition) is 5. The van der Waals surface area contributed by atoms with Crippen molar-refractivity contribution in [2.75, 3.05) is 39.3 Å². The molecule has 8 heteroatoms. The molecule has 5 nitrogen and oxygen atoms in total. The Labute approximate surface area is 179 Å². The van der Waals surface area contributed by atoms with Crippen LogP contribution in [0.5, 0.6) is 0 Å². The van der Waals surface area contributed by atoms with Crippen molar-refractivity contribution in [2.45, 2.75) is 38.3 Å². The van der Waals surface area contributed by atoms with Crippen molar-refractivity contribution in [3.63, 3.8) is 0 Å². The van der Waals surface area contributed by atoms with Gasteiger partial charge in [0.05, 0.1) is 12.2 Å². The maximum Gasteiger partial charge on any atom is 0.236 e. The van der Waals surface area contributed by atoms with Crippen LogP contribution in [0.1, 0.15) is 29.8 Å². The van der Waals surface area contributed by atoms with Gasteiger partial charge < -0.3 is 4.90 Å². The molecule has 5 rings (SSSR count). The van der Waals surface area contributed by atoms with Crippen LogP contribution in [0, 0.1) is 11.6 Å². The van der Waals surface area contributed by atoms with Crippen LogP contribution in [-0.2, 0) is 17.8 Å². The fourth-order valence-corrected chi connectivity index (χ4v) is 5.66. The third-order valence-corrected chi connectivity index (χ3v) is 7.73. The summed E-state index contributed by atoms with van der Waals surface area (Å²) in [7, 11) is 0. The minimum atomic E-state index is -0.856. The van der Waals surface area contributed by atoms with Crippen molar-refractivity contribution < 1.29 is 13.6 Å². The number of hydrogen-bond donors (Lipinski definition) is 0. The van der Waals surface area contributed by atoms with Crippen LogP contribution in [0.2, 0.25) is 0 Å². The second-order valence-corrected chi connectivity index (χ2v) is 9.56. The third-order valence-electron chi connectivity index (χ3n) is 6.59. The Kier molecular flexibility index (Phi) is 5.56. The number of fused-ring (bicyclic) bond motifs is 1. The van der Waals surface area contributed by atoms with Crippen LogP contribution in [0.15, 0.2) is 18.2 Å². The Morgan fingerprint density at radius 3 is 2.60 bits per heavy atom. The molecule has 0 bridgehead atoms. The van der Waals surface area contributed by atoms with E-state index in [1.807, 2.05) is 4.90 Å². The highest BCUT2D eigenvalue weighted by atomic mass is 32.1. The van der Waals surface area contributed by atoms with Gasteiger partial charge in [-0.15, -0.1) is 11.3 Å². The Balaban J connectivity index is 1.18. The lowest BCUT2D eigenvalue weighted by molar-refractivity contribution is -0.135. The van der Waals surface area contributed by atoms with Gasteiger partial charge in [-0.05, 0) is 31.0 Å². The van der Waals surface area contributed by atoms with Crippen molar-refractivity contribution in [1.82, 2.24) is 19.7 Å². The Hall–Kier alpha value is -1.90. The van der Waals surface area contributed by atoms with Gasteiger partial charge >= 0.3 is 0 Å². The Bertz CT molecular complexity index is 937. The third kappa shape index (κ3) is 4.00. The zero-order valence-corrected chi connectivity index (χ0v) is 17.8. The van der Waals surface area contributed by atoms with Crippen LogP contribution in [0.4, 0.5) is 8.78 Å². The number of thiazole rings is 1. The summed E-state index contributed by atoms with van der Waals surface area (Å²) in [5, 5.41) is 0.708. The summed E-state index contributed by atoms with van der Waals surface area (Å²) in [5.74, 6) is -1.50. The van der Waals surface area contributed by atoms with Crippen molar-refractivity contribution in [2.24, 2.45) is 0 Å². The standard InChI is InChI=1S/C22H26F2N4OS/c23-17-5-4-15(12-18(17)24)22-25-19-6-7-26(13-20(19)30-22)14-21(29)28-10-8-27(9-11-28)16-2-1-3-16/h4-5,12,16H,1-3,6-11,13-14H2. The lowest BCUT2D eigenvalue weighted by Gasteiger charge is -2.43. The molecule has 1 saturated carbocycles. The van der Waals surface area contributed by atoms with E-state index in [1.54, 1.807) is 6.07 Å². The minimum Gasteiger partial charge on any atom is -0.339 e. The van der Waals surface area contributed by atoms with Gasteiger partial charge in [-0.25, -0.2) is 13.8 Å². The topological polar surface area (TPSA) is 39.7 Å². The van der Waals surface area contributed by atoms with Gasteiger partial charge in [-0.2, -0.15) is 0 Å². The molecule has 1 aliphatic carbocycles. The Morgan fingerprint density at radius 2 is 1.90 bits per heavy atom. The first-order valence-corrected chi connectivity index (χ1v) is 11.6. The van der Waals surface area contributed by atoms with E-state index in [1.165, 1.54) is 36.7 Å². The van der Waals surface area contributed by atoms with E-state index >= 15 is 0 Å². The van der Waals surface area contributed by atoms with Gasteiger partial charge in [0.1, 0.15) is 5.01 Å². The molecule has 2 aliphatic heterocycles. The van der Waals surface area contributed by atoms with Crippen molar-refractivity contribution in [1.29, 1.82) is 0 Å². The highest BCUT2D eigenvalue weighted by molar-refractivity contribution is 7.15. The highest BCUT2D eigenvalue weighted by Gasteiger charge is 2.30. The number of amides is 1. The molecule has 2 fully saturated rings. The van der Waals surface area contributed by atoms with Crippen molar-refractivity contribution >= 4 is 17.2 Å². The van der Waals surface area contributed by atoms with Crippen LogP contribution in [0.25, 0.3) is 10.6 Å². The van der Waals surface area contributed by atoms with Gasteiger partial charge in [-0.1, -0.05) is 6.42 Å². The van der Waals surface area contributed by atoms with Crippen LogP contribution < -0.4 is 0 Å². The van der Waals surface area contributed by atoms with E-state index in [2.05, 4.69) is 14.8 Å². The van der Waals surface area contributed by atoms with Gasteiger partial charge in [0.15, 0.2) is 11.6 Å². The van der Waals surface area contributed by atoms with E-state index in [-0.39, 0.29) is 5.91 Å². The monoisotopic (exact) mass is 432 g/mol. The van der Waals surface area contributed by atoms with E-state index in [9.17, 15) is 13.6 Å². The number of carbonyl (C=O) groups excluding carboxylic acids is 1. The molecule has 0 spiro atoms. The average Bonchev–Trinajstić information content (AvgIpc) is 3.13. The molecule has 0 unspecified atom stereocenters. The fourth-order valence-electron chi connectivity index (χ4n) is 4.52. The SMILES string of the molecule is O=C(CN1CCc2nc(-c3ccc(F)c(F)c3)sc2C1)N1CCN(C2CCC2)CC1. The summed E-state index contributed by atoms with van der Waals surface area (Å²) >= 11 is 1.51. The molecule has 1 aromatic heterocycles. The molecule has 2 aromatic rings. The smallest absolute Gasteiger partial charge is 0.236 e. The number of benzene rings is 1. The first-order valence-electron chi connectivity index (χ1n) is 10.7. The zero-order valence-electron chi connectivity index (χ0n) is 16.9. The number of carbonyl (C=O) groups is 1. The van der Waals surface area contributed by atoms with E-state index in [4.69, 9.17) is 0 Å². The summed E-state index contributed by atoms with van der Waals surface area (Å²) < 4.78 is 26.8. The number of piperazine rings is 1. The highest BCUT2D eigenvalue weighted by Crippen LogP contribution is 2.32. The van der Waals surface area contributed by atoms with Crippen LogP contribution in [0.3, 0.4) is 0 Å². The van der Waals surface area contributed by atoms with Gasteiger partial charge in [-0.3, -0.25) is 14.6 Å². The molecular weight excluding hydrogens is 406 g/mol. The molecule has 3 aliphatic rings. The molecule has 160 valence electrons. The lowest BCUT2D eigenvalue weighted by Crippen LogP contribution is -2.55. The van der Waals surface area contributed by atoms with Gasteiger partial charge in [0.2, 0.25) is 5.91 Å². The largest absolute Gasteiger partial charge is 0.339 e. The second-order valence-electron chi connectivity index (χ2n) is 8.48. The van der Waals surface area contributed by atoms with Gasteiger partial charge in [0.25, 0.3) is 0 Å². The normalized spacial score (nSPS) is 20.8. The van der Waals surface area contributed by atoms with E-state index in [0.29, 0.717) is 23.7 Å². The molecule has 0 radical (unpaired) electrons. The predicted molar refractivity (Wildman–Crippen MR) is 112 cm³/mol. The van der Waals surface area contributed by atoms with Crippen molar-refractivity contribution in [3.8, 4) is 10.6 Å². The molecule has 0 atom stereocenters. The number of halogens is 2. The predicted octanol–water partition coefficient (Wildman–Crippen LogP) is 3.14. The maximum absolute atomic E-state index is 13.6. The van der Waals surface area contributed by atoms with Crippen molar-refractivity contribution in [3.05, 3.63) is 40.4 Å². The van der Waals surface area contributed by atoms with Gasteiger partial charge in [0, 0.05) is 62.2 Å². The number of nitrogens with zero attached hydrogens (tertiary/aromatic N) is 4. The minimum absolute atomic E-state index is 0.206. The van der Waals surface area contributed by atoms with Crippen LogP contribution >= 0.6 is 11.3 Å². The molecule has 1 aromatic carbocycles. The fraction of sp³-hybridized carbons (Fsp3) is 0.545. The molecule has 30 heavy (non-hydrogen) atoms. The zero-order chi connectivity index (χ0) is 20.7. The lowest BCUT2D eigenvalue weighted by atomic mass is 9.91. The first-order chi connectivity index (χ1) is 14.6. The van der Waals surface area contributed by atoms with E-state index < -0.39 is 11.6 Å². The summed E-state index contributed by atoms with van der Waals surface area (Å²) in [6, 6.07) is 4.65. The summed E-state index contributed by atoms with van der Waals surface area (Å²) in [6.45, 7) is 5.55. The van der Waals surface area contributed by atoms with Crippen LogP contribution in [-0.4, -0.2) is 70.9 Å². The average molecular weight is 433 g/mol. The molecule has 1 amide bonds. The molecule has 0 N–H and O–H groups in total. The second kappa shape index (κ2) is 8.32. The van der Waals surface area contributed by atoms with E-state index in [0.717, 1.165) is 61.8 Å². The summed E-state index contributed by atoms with van der Waals surface area (Å²) in [5.41, 5.74) is 1.61. The Morgan fingerprint density at radius 1 is 1.10 bits per heavy atom. The maximum atomic E-state index is 13.6. The summed E-state index contributed by atoms with van der Waals surface area (Å²) in [6.07, 6.45) is 4.74. The molecule has 3 heterocycles. The summed E-state index contributed by atoms with van der Waals surface area (Å²) in [4.78, 5) is 25.3. The molecular formula is C22H26F2N4OS. The first kappa shape index (κ1) is 20.0. The number of rotatable bonds is 4.